The molecule has 1 heterocycles. The van der Waals surface area contributed by atoms with Crippen LogP contribution in [0.25, 0.3) is 0 Å². The van der Waals surface area contributed by atoms with Crippen LogP contribution in [-0.4, -0.2) is 43.8 Å². The van der Waals surface area contributed by atoms with Gasteiger partial charge in [0.1, 0.15) is 0 Å². The Morgan fingerprint density at radius 1 is 1.17 bits per heavy atom. The number of anilines is 1. The number of rotatable bonds is 7. The predicted octanol–water partition coefficient (Wildman–Crippen LogP) is 4.93. The minimum atomic E-state index is 0.190. The van der Waals surface area contributed by atoms with E-state index in [2.05, 4.69) is 31.0 Å². The molecular formula is C18H28Cl2N2O. The largest absolute Gasteiger partial charge is 0.381 e. The lowest BCUT2D eigenvalue weighted by Crippen LogP contribution is -2.42. The van der Waals surface area contributed by atoms with Gasteiger partial charge in [-0.15, -0.1) is 0 Å². The van der Waals surface area contributed by atoms with Crippen LogP contribution >= 0.6 is 23.2 Å². The quantitative estimate of drug-likeness (QED) is 0.747. The first-order valence-electron chi connectivity index (χ1n) is 8.36. The average Bonchev–Trinajstić information content (AvgIpc) is 2.97. The molecule has 1 aromatic rings. The van der Waals surface area contributed by atoms with E-state index in [0.717, 1.165) is 38.5 Å². The zero-order valence-electron chi connectivity index (χ0n) is 14.4. The van der Waals surface area contributed by atoms with Crippen molar-refractivity contribution in [3.63, 3.8) is 0 Å². The van der Waals surface area contributed by atoms with Crippen LogP contribution in [0.4, 0.5) is 5.69 Å². The molecule has 1 aliphatic rings. The molecule has 1 N–H and O–H groups in total. The van der Waals surface area contributed by atoms with Gasteiger partial charge in [-0.05, 0) is 43.5 Å². The van der Waals surface area contributed by atoms with Gasteiger partial charge < -0.3 is 10.1 Å². The summed E-state index contributed by atoms with van der Waals surface area (Å²) in [5, 5.41) is 4.74. The van der Waals surface area contributed by atoms with E-state index in [1.165, 1.54) is 12.8 Å². The highest BCUT2D eigenvalue weighted by Crippen LogP contribution is 2.30. The molecule has 1 unspecified atom stereocenters. The van der Waals surface area contributed by atoms with Gasteiger partial charge in [0.15, 0.2) is 0 Å². The molecule has 0 amide bonds. The smallest absolute Gasteiger partial charge is 0.0719 e. The molecule has 0 spiro atoms. The summed E-state index contributed by atoms with van der Waals surface area (Å²) < 4.78 is 5.97. The molecule has 23 heavy (non-hydrogen) atoms. The summed E-state index contributed by atoms with van der Waals surface area (Å²) in [5.74, 6) is 0. The second-order valence-corrected chi connectivity index (χ2v) is 8.26. The van der Waals surface area contributed by atoms with Gasteiger partial charge in [-0.1, -0.05) is 50.0 Å². The lowest BCUT2D eigenvalue weighted by molar-refractivity contribution is 0.0335. The van der Waals surface area contributed by atoms with E-state index in [4.69, 9.17) is 27.9 Å². The number of para-hydroxylation sites is 1. The average molecular weight is 359 g/mol. The van der Waals surface area contributed by atoms with E-state index in [-0.39, 0.29) is 5.41 Å². The maximum atomic E-state index is 6.25. The SMILES string of the molecule is CC(C)(C)COCC(CNc1c(Cl)cccc1Cl)N1CCCC1. The van der Waals surface area contributed by atoms with Gasteiger partial charge in [-0.2, -0.15) is 0 Å². The molecule has 0 saturated carbocycles. The molecule has 1 saturated heterocycles. The molecule has 0 aliphatic carbocycles. The normalized spacial score (nSPS) is 17.4. The number of halogens is 2. The third-order valence-corrected chi connectivity index (χ3v) is 4.61. The summed E-state index contributed by atoms with van der Waals surface area (Å²) in [6.45, 7) is 11.1. The van der Waals surface area contributed by atoms with Crippen molar-refractivity contribution in [3.05, 3.63) is 28.2 Å². The van der Waals surface area contributed by atoms with Gasteiger partial charge in [0.25, 0.3) is 0 Å². The molecule has 0 radical (unpaired) electrons. The van der Waals surface area contributed by atoms with Crippen LogP contribution < -0.4 is 5.32 Å². The van der Waals surface area contributed by atoms with E-state index in [0.29, 0.717) is 16.1 Å². The monoisotopic (exact) mass is 358 g/mol. The van der Waals surface area contributed by atoms with E-state index in [1.54, 1.807) is 0 Å². The van der Waals surface area contributed by atoms with E-state index >= 15 is 0 Å². The summed E-state index contributed by atoms with van der Waals surface area (Å²) in [7, 11) is 0. The number of likely N-dealkylation sites (tertiary alicyclic amines) is 1. The van der Waals surface area contributed by atoms with E-state index in [9.17, 15) is 0 Å². The Kier molecular flexibility index (Phi) is 7.02. The maximum Gasteiger partial charge on any atom is 0.0719 e. The highest BCUT2D eigenvalue weighted by atomic mass is 35.5. The van der Waals surface area contributed by atoms with Gasteiger partial charge in [-0.3, -0.25) is 4.90 Å². The lowest BCUT2D eigenvalue weighted by Gasteiger charge is -2.29. The maximum absolute atomic E-state index is 6.25. The van der Waals surface area contributed by atoms with Crippen LogP contribution in [0, 0.1) is 5.41 Å². The topological polar surface area (TPSA) is 24.5 Å². The number of hydrogen-bond acceptors (Lipinski definition) is 3. The van der Waals surface area contributed by atoms with Crippen LogP contribution in [0.2, 0.25) is 10.0 Å². The van der Waals surface area contributed by atoms with Crippen LogP contribution in [0.3, 0.4) is 0 Å². The first-order valence-corrected chi connectivity index (χ1v) is 9.12. The molecule has 2 rings (SSSR count). The van der Waals surface area contributed by atoms with Crippen molar-refractivity contribution in [2.24, 2.45) is 5.41 Å². The van der Waals surface area contributed by atoms with Crippen molar-refractivity contribution in [2.75, 3.05) is 38.2 Å². The number of benzene rings is 1. The van der Waals surface area contributed by atoms with E-state index < -0.39 is 0 Å². The van der Waals surface area contributed by atoms with Gasteiger partial charge in [0, 0.05) is 6.54 Å². The minimum absolute atomic E-state index is 0.190. The van der Waals surface area contributed by atoms with Gasteiger partial charge in [0.2, 0.25) is 0 Å². The Bertz CT molecular complexity index is 476. The Hall–Kier alpha value is -0.480. The third-order valence-electron chi connectivity index (χ3n) is 3.98. The highest BCUT2D eigenvalue weighted by molar-refractivity contribution is 6.39. The first kappa shape index (κ1) is 18.9. The zero-order chi connectivity index (χ0) is 16.9. The summed E-state index contributed by atoms with van der Waals surface area (Å²) in [4.78, 5) is 2.50. The number of ether oxygens (including phenoxy) is 1. The van der Waals surface area contributed by atoms with Crippen molar-refractivity contribution < 1.29 is 4.74 Å². The molecule has 5 heteroatoms. The fourth-order valence-corrected chi connectivity index (χ4v) is 3.32. The van der Waals surface area contributed by atoms with Crippen LogP contribution in [0.1, 0.15) is 33.6 Å². The Morgan fingerprint density at radius 2 is 1.78 bits per heavy atom. The molecule has 1 fully saturated rings. The Balaban J connectivity index is 1.94. The number of nitrogens with one attached hydrogen (secondary N) is 1. The first-order chi connectivity index (χ1) is 10.9. The lowest BCUT2D eigenvalue weighted by atomic mass is 9.99. The predicted molar refractivity (Wildman–Crippen MR) is 99.8 cm³/mol. The molecule has 130 valence electrons. The van der Waals surface area contributed by atoms with E-state index in [1.807, 2.05) is 18.2 Å². The molecule has 1 atom stereocenters. The van der Waals surface area contributed by atoms with Crippen LogP contribution in [-0.2, 0) is 4.74 Å². The molecular weight excluding hydrogens is 331 g/mol. The molecule has 1 aromatic carbocycles. The van der Waals surface area contributed by atoms with Crippen LogP contribution in [0.5, 0.6) is 0 Å². The van der Waals surface area contributed by atoms with Crippen molar-refractivity contribution in [2.45, 2.75) is 39.7 Å². The summed E-state index contributed by atoms with van der Waals surface area (Å²) in [6, 6.07) is 5.92. The standard InChI is InChI=1S/C18H28Cl2N2O/c1-18(2,3)13-23-12-14(22-9-4-5-10-22)11-21-17-15(19)7-6-8-16(17)20/h6-8,14,21H,4-5,9-13H2,1-3H3. The Labute approximate surface area is 150 Å². The van der Waals surface area contributed by atoms with Gasteiger partial charge in [-0.25, -0.2) is 0 Å². The van der Waals surface area contributed by atoms with Crippen LogP contribution in [0.15, 0.2) is 18.2 Å². The minimum Gasteiger partial charge on any atom is -0.381 e. The fourth-order valence-electron chi connectivity index (χ4n) is 2.79. The third kappa shape index (κ3) is 6.15. The van der Waals surface area contributed by atoms with Crippen molar-refractivity contribution in [1.29, 1.82) is 0 Å². The second-order valence-electron chi connectivity index (χ2n) is 7.45. The van der Waals surface area contributed by atoms with Crippen molar-refractivity contribution in [3.8, 4) is 0 Å². The Morgan fingerprint density at radius 3 is 2.35 bits per heavy atom. The zero-order valence-corrected chi connectivity index (χ0v) is 15.9. The van der Waals surface area contributed by atoms with Gasteiger partial charge in [0.05, 0.1) is 35.0 Å². The molecule has 0 bridgehead atoms. The summed E-state index contributed by atoms with van der Waals surface area (Å²) in [5.41, 5.74) is 1.01. The molecule has 0 aromatic heterocycles. The molecule has 1 aliphatic heterocycles. The molecule has 3 nitrogen and oxygen atoms in total. The summed E-state index contributed by atoms with van der Waals surface area (Å²) in [6.07, 6.45) is 2.53. The van der Waals surface area contributed by atoms with Crippen molar-refractivity contribution >= 4 is 28.9 Å². The second kappa shape index (κ2) is 8.57. The number of nitrogens with zero attached hydrogens (tertiary/aromatic N) is 1. The highest BCUT2D eigenvalue weighted by Gasteiger charge is 2.23. The number of hydrogen-bond donors (Lipinski definition) is 1. The summed E-state index contributed by atoms with van der Waals surface area (Å²) >= 11 is 12.5. The van der Waals surface area contributed by atoms with Crippen molar-refractivity contribution in [1.82, 2.24) is 4.90 Å². The fraction of sp³-hybridized carbons (Fsp3) is 0.667. The van der Waals surface area contributed by atoms with Gasteiger partial charge >= 0.3 is 0 Å².